The summed E-state index contributed by atoms with van der Waals surface area (Å²) >= 11 is 5.13. The van der Waals surface area contributed by atoms with Crippen molar-refractivity contribution >= 4 is 23.0 Å². The molecule has 0 spiro atoms. The molecule has 0 amide bonds. The van der Waals surface area contributed by atoms with Gasteiger partial charge >= 0.3 is 0 Å². The third kappa shape index (κ3) is 2.62. The number of pyridine rings is 1. The molecular formula is C13H19N3OS. The average Bonchev–Trinajstić information content (AvgIpc) is 2.81. The Bertz CT molecular complexity index is 462. The lowest BCUT2D eigenvalue weighted by atomic mass is 10.1. The van der Waals surface area contributed by atoms with E-state index >= 15 is 0 Å². The van der Waals surface area contributed by atoms with Gasteiger partial charge in [-0.15, -0.1) is 0 Å². The number of nitrogens with zero attached hydrogens (tertiary/aromatic N) is 2. The number of anilines is 1. The van der Waals surface area contributed by atoms with Gasteiger partial charge < -0.3 is 15.4 Å². The SMILES string of the molecule is COCCN(C)c1nc2c(cc1C(N)=S)CCC2. The lowest BCUT2D eigenvalue weighted by molar-refractivity contribution is 0.206. The molecule has 1 aliphatic carbocycles. The number of aromatic nitrogens is 1. The van der Waals surface area contributed by atoms with Crippen LogP contribution in [0.25, 0.3) is 0 Å². The van der Waals surface area contributed by atoms with E-state index in [2.05, 4.69) is 11.0 Å². The summed E-state index contributed by atoms with van der Waals surface area (Å²) < 4.78 is 5.09. The zero-order valence-electron chi connectivity index (χ0n) is 10.9. The summed E-state index contributed by atoms with van der Waals surface area (Å²) in [5.74, 6) is 0.875. The van der Waals surface area contributed by atoms with Crippen molar-refractivity contribution < 1.29 is 4.74 Å². The minimum atomic E-state index is 0.413. The Morgan fingerprint density at radius 1 is 1.56 bits per heavy atom. The summed E-state index contributed by atoms with van der Waals surface area (Å²) in [5, 5.41) is 0. The number of methoxy groups -OCH3 is 1. The number of rotatable bonds is 5. The molecule has 0 radical (unpaired) electrons. The van der Waals surface area contributed by atoms with Crippen molar-refractivity contribution in [1.82, 2.24) is 4.98 Å². The number of nitrogens with two attached hydrogens (primary N) is 1. The zero-order chi connectivity index (χ0) is 13.1. The first-order valence-corrected chi connectivity index (χ1v) is 6.57. The summed E-state index contributed by atoms with van der Waals surface area (Å²) in [6.07, 6.45) is 3.31. The molecule has 1 aliphatic rings. The van der Waals surface area contributed by atoms with Crippen LogP contribution in [0.1, 0.15) is 23.2 Å². The van der Waals surface area contributed by atoms with Crippen LogP contribution in [0.15, 0.2) is 6.07 Å². The second kappa shape index (κ2) is 5.63. The molecule has 2 rings (SSSR count). The molecule has 4 nitrogen and oxygen atoms in total. The standard InChI is InChI=1S/C13H19N3OS/c1-16(6-7-17-2)13-10(12(14)18)8-9-4-3-5-11(9)15-13/h8H,3-7H2,1-2H3,(H2,14,18). The maximum absolute atomic E-state index is 5.81. The van der Waals surface area contributed by atoms with Crippen LogP contribution in [0.4, 0.5) is 5.82 Å². The predicted octanol–water partition coefficient (Wildman–Crippen LogP) is 1.29. The van der Waals surface area contributed by atoms with Crippen molar-refractivity contribution in [3.63, 3.8) is 0 Å². The minimum Gasteiger partial charge on any atom is -0.389 e. The van der Waals surface area contributed by atoms with Gasteiger partial charge in [-0.2, -0.15) is 0 Å². The van der Waals surface area contributed by atoms with Crippen LogP contribution in [0.3, 0.4) is 0 Å². The van der Waals surface area contributed by atoms with E-state index in [4.69, 9.17) is 27.7 Å². The van der Waals surface area contributed by atoms with Gasteiger partial charge in [0.1, 0.15) is 10.8 Å². The minimum absolute atomic E-state index is 0.413. The monoisotopic (exact) mass is 265 g/mol. The Kier molecular flexibility index (Phi) is 4.14. The molecule has 1 heterocycles. The summed E-state index contributed by atoms with van der Waals surface area (Å²) in [4.78, 5) is 7.20. The van der Waals surface area contributed by atoms with Crippen molar-refractivity contribution in [2.45, 2.75) is 19.3 Å². The molecule has 0 atom stereocenters. The van der Waals surface area contributed by atoms with Crippen molar-refractivity contribution in [2.24, 2.45) is 5.73 Å². The Morgan fingerprint density at radius 3 is 3.00 bits per heavy atom. The van der Waals surface area contributed by atoms with Crippen LogP contribution in [-0.4, -0.2) is 37.3 Å². The fourth-order valence-electron chi connectivity index (χ4n) is 2.27. The maximum Gasteiger partial charge on any atom is 0.138 e. The fourth-order valence-corrected chi connectivity index (χ4v) is 2.42. The smallest absolute Gasteiger partial charge is 0.138 e. The van der Waals surface area contributed by atoms with E-state index in [1.54, 1.807) is 7.11 Å². The highest BCUT2D eigenvalue weighted by Gasteiger charge is 2.19. The van der Waals surface area contributed by atoms with Crippen LogP contribution >= 0.6 is 12.2 Å². The van der Waals surface area contributed by atoms with Gasteiger partial charge in [-0.05, 0) is 30.9 Å². The highest BCUT2D eigenvalue weighted by atomic mass is 32.1. The Labute approximate surface area is 113 Å². The first-order chi connectivity index (χ1) is 8.63. The molecule has 0 fully saturated rings. The van der Waals surface area contributed by atoms with Crippen molar-refractivity contribution in [2.75, 3.05) is 32.2 Å². The van der Waals surface area contributed by atoms with Crippen molar-refractivity contribution in [3.8, 4) is 0 Å². The number of ether oxygens (including phenoxy) is 1. The highest BCUT2D eigenvalue weighted by Crippen LogP contribution is 2.26. The number of thiocarbonyl (C=S) groups is 1. The zero-order valence-corrected chi connectivity index (χ0v) is 11.7. The maximum atomic E-state index is 5.81. The molecule has 1 aromatic rings. The lowest BCUT2D eigenvalue weighted by Crippen LogP contribution is -2.27. The fraction of sp³-hybridized carbons (Fsp3) is 0.538. The molecule has 0 aromatic carbocycles. The van der Waals surface area contributed by atoms with Crippen LogP contribution in [0.2, 0.25) is 0 Å². The first-order valence-electron chi connectivity index (χ1n) is 6.16. The third-order valence-corrected chi connectivity index (χ3v) is 3.51. The Morgan fingerprint density at radius 2 is 2.33 bits per heavy atom. The normalized spacial score (nSPS) is 13.4. The molecule has 0 saturated carbocycles. The molecule has 0 aliphatic heterocycles. The van der Waals surface area contributed by atoms with Gasteiger partial charge in [0.25, 0.3) is 0 Å². The molecular weight excluding hydrogens is 246 g/mol. The summed E-state index contributed by atoms with van der Waals surface area (Å²) in [5.41, 5.74) is 9.17. The molecule has 18 heavy (non-hydrogen) atoms. The number of fused-ring (bicyclic) bond motifs is 1. The van der Waals surface area contributed by atoms with Crippen LogP contribution in [-0.2, 0) is 17.6 Å². The van der Waals surface area contributed by atoms with Crippen LogP contribution in [0, 0.1) is 0 Å². The van der Waals surface area contributed by atoms with Gasteiger partial charge in [-0.1, -0.05) is 12.2 Å². The van der Waals surface area contributed by atoms with Crippen molar-refractivity contribution in [3.05, 3.63) is 22.9 Å². The Hall–Kier alpha value is -1.20. The van der Waals surface area contributed by atoms with Crippen LogP contribution < -0.4 is 10.6 Å². The number of aryl methyl sites for hydroxylation is 2. The van der Waals surface area contributed by atoms with E-state index in [1.165, 1.54) is 17.7 Å². The first kappa shape index (κ1) is 13.2. The van der Waals surface area contributed by atoms with Gasteiger partial charge in [-0.25, -0.2) is 4.98 Å². The van der Waals surface area contributed by atoms with E-state index in [1.807, 2.05) is 7.05 Å². The van der Waals surface area contributed by atoms with Gasteiger partial charge in [0.15, 0.2) is 0 Å². The van der Waals surface area contributed by atoms with E-state index in [0.717, 1.165) is 30.8 Å². The topological polar surface area (TPSA) is 51.4 Å². The van der Waals surface area contributed by atoms with Crippen LogP contribution in [0.5, 0.6) is 0 Å². The molecule has 1 aromatic heterocycles. The van der Waals surface area contributed by atoms with E-state index in [0.29, 0.717) is 11.6 Å². The van der Waals surface area contributed by atoms with Gasteiger partial charge in [0, 0.05) is 26.4 Å². The van der Waals surface area contributed by atoms with Gasteiger partial charge in [-0.3, -0.25) is 0 Å². The van der Waals surface area contributed by atoms with E-state index in [9.17, 15) is 0 Å². The number of hydrogen-bond donors (Lipinski definition) is 1. The quantitative estimate of drug-likeness (QED) is 0.813. The second-order valence-corrected chi connectivity index (χ2v) is 5.04. The summed E-state index contributed by atoms with van der Waals surface area (Å²) in [6, 6.07) is 2.11. The molecule has 0 bridgehead atoms. The average molecular weight is 265 g/mol. The van der Waals surface area contributed by atoms with E-state index < -0.39 is 0 Å². The van der Waals surface area contributed by atoms with Gasteiger partial charge in [0.05, 0.1) is 12.2 Å². The molecule has 5 heteroatoms. The molecule has 0 unspecified atom stereocenters. The highest BCUT2D eigenvalue weighted by molar-refractivity contribution is 7.80. The lowest BCUT2D eigenvalue weighted by Gasteiger charge is -2.21. The van der Waals surface area contributed by atoms with E-state index in [-0.39, 0.29) is 0 Å². The largest absolute Gasteiger partial charge is 0.389 e. The second-order valence-electron chi connectivity index (χ2n) is 4.60. The molecule has 98 valence electrons. The Balaban J connectivity index is 2.35. The molecule has 0 saturated heterocycles. The predicted molar refractivity (Wildman–Crippen MR) is 77.3 cm³/mol. The summed E-state index contributed by atoms with van der Waals surface area (Å²) in [6.45, 7) is 1.43. The summed E-state index contributed by atoms with van der Waals surface area (Å²) in [7, 11) is 3.68. The van der Waals surface area contributed by atoms with Crippen molar-refractivity contribution in [1.29, 1.82) is 0 Å². The van der Waals surface area contributed by atoms with Gasteiger partial charge in [0.2, 0.25) is 0 Å². The number of likely N-dealkylation sites (N-methyl/N-ethyl adjacent to an activating group) is 1. The third-order valence-electron chi connectivity index (χ3n) is 3.29. The molecule has 2 N–H and O–H groups in total. The number of hydrogen-bond acceptors (Lipinski definition) is 4.